The van der Waals surface area contributed by atoms with Gasteiger partial charge < -0.3 is 10.4 Å². The summed E-state index contributed by atoms with van der Waals surface area (Å²) in [5.41, 5.74) is 0.847. The van der Waals surface area contributed by atoms with Gasteiger partial charge in [-0.2, -0.15) is 0 Å². The smallest absolute Gasteiger partial charge is 0.335 e. The van der Waals surface area contributed by atoms with Gasteiger partial charge in [0.15, 0.2) is 0 Å². The Kier molecular flexibility index (Phi) is 6.38. The number of aliphatic carboxylic acids is 1. The molecule has 7 heteroatoms. The van der Waals surface area contributed by atoms with Crippen molar-refractivity contribution in [3.63, 3.8) is 0 Å². The van der Waals surface area contributed by atoms with Gasteiger partial charge in [-0.1, -0.05) is 54.1 Å². The summed E-state index contributed by atoms with van der Waals surface area (Å²) < 4.78 is 0. The first kappa shape index (κ1) is 20.8. The predicted molar refractivity (Wildman–Crippen MR) is 115 cm³/mol. The number of hydrogen-bond donors (Lipinski definition) is 2. The minimum atomic E-state index is -1.06. The number of thioether (sulfide) groups is 1. The number of carboxylic acids is 1. The number of rotatable bonds is 6. The van der Waals surface area contributed by atoms with Crippen molar-refractivity contribution < 1.29 is 14.7 Å². The summed E-state index contributed by atoms with van der Waals surface area (Å²) in [6.07, 6.45) is 0.369. The fourth-order valence-corrected chi connectivity index (χ4v) is 4.90. The van der Waals surface area contributed by atoms with E-state index in [1.807, 2.05) is 30.3 Å². The lowest BCUT2D eigenvalue weighted by Gasteiger charge is -2.28. The number of hydrogen-bond acceptors (Lipinski definition) is 3. The molecule has 4 nitrogen and oxygen atoms in total. The summed E-state index contributed by atoms with van der Waals surface area (Å²) in [6, 6.07) is 16.5. The second kappa shape index (κ2) is 8.60. The van der Waals surface area contributed by atoms with Crippen molar-refractivity contribution in [3.05, 3.63) is 76.3 Å². The highest BCUT2D eigenvalue weighted by Gasteiger charge is 2.43. The number of carboxylic acid groups (broad SMARTS) is 1. The number of halogens is 2. The molecular weight excluding hydrogens is 417 g/mol. The van der Waals surface area contributed by atoms with E-state index in [2.05, 4.69) is 5.32 Å². The van der Waals surface area contributed by atoms with E-state index in [-0.39, 0.29) is 11.5 Å². The maximum absolute atomic E-state index is 12.7. The maximum atomic E-state index is 12.7. The topological polar surface area (TPSA) is 66.4 Å². The molecule has 1 aliphatic rings. The fourth-order valence-electron chi connectivity index (χ4n) is 3.14. The van der Waals surface area contributed by atoms with Crippen molar-refractivity contribution >= 4 is 51.7 Å². The van der Waals surface area contributed by atoms with Crippen LogP contribution in [0.2, 0.25) is 5.02 Å². The Hall–Kier alpha value is -1.95. The zero-order valence-electron chi connectivity index (χ0n) is 15.1. The van der Waals surface area contributed by atoms with Gasteiger partial charge in [0.1, 0.15) is 5.38 Å². The normalized spacial score (nSPS) is 20.1. The molecule has 3 rings (SSSR count). The second-order valence-electron chi connectivity index (χ2n) is 6.78. The largest absolute Gasteiger partial charge is 0.478 e. The highest BCUT2D eigenvalue weighted by molar-refractivity contribution is 8.08. The van der Waals surface area contributed by atoms with Gasteiger partial charge in [-0.3, -0.25) is 4.79 Å². The molecule has 0 spiro atoms. The molecule has 2 unspecified atom stereocenters. The second-order valence-corrected chi connectivity index (χ2v) is 8.73. The third-order valence-corrected chi connectivity index (χ3v) is 6.60. The predicted octanol–water partition coefficient (Wildman–Crippen LogP) is 4.61. The van der Waals surface area contributed by atoms with Crippen LogP contribution in [0.1, 0.15) is 18.1 Å². The SMILES string of the molecule is CC1(NC(=O)C(Cl)Cc2ccccc2)CSC(c2ccc(Cl)cc2)=C1C(=O)O. The van der Waals surface area contributed by atoms with Crippen molar-refractivity contribution in [1.29, 1.82) is 0 Å². The molecule has 1 heterocycles. The van der Waals surface area contributed by atoms with E-state index in [9.17, 15) is 14.7 Å². The van der Waals surface area contributed by atoms with Crippen LogP contribution in [0.25, 0.3) is 4.91 Å². The molecule has 146 valence electrons. The van der Waals surface area contributed by atoms with E-state index < -0.39 is 16.9 Å². The van der Waals surface area contributed by atoms with Crippen LogP contribution >= 0.6 is 35.0 Å². The van der Waals surface area contributed by atoms with Crippen LogP contribution in [0.3, 0.4) is 0 Å². The van der Waals surface area contributed by atoms with Crippen LogP contribution in [0.15, 0.2) is 60.2 Å². The Balaban J connectivity index is 1.82. The summed E-state index contributed by atoms with van der Waals surface area (Å²) in [4.78, 5) is 25.3. The lowest BCUT2D eigenvalue weighted by Crippen LogP contribution is -2.52. The average molecular weight is 436 g/mol. The quantitative estimate of drug-likeness (QED) is 0.650. The van der Waals surface area contributed by atoms with Gasteiger partial charge in [-0.15, -0.1) is 23.4 Å². The molecule has 0 saturated heterocycles. The number of carbonyl (C=O) groups is 2. The number of benzene rings is 2. The van der Waals surface area contributed by atoms with E-state index >= 15 is 0 Å². The minimum absolute atomic E-state index is 0.164. The van der Waals surface area contributed by atoms with Crippen molar-refractivity contribution in [2.75, 3.05) is 5.75 Å². The standard InChI is InChI=1S/C21H19Cl2NO3S/c1-21(24-19(25)16(23)11-13-5-3-2-4-6-13)12-28-18(17(21)20(26)27)14-7-9-15(22)10-8-14/h2-10,16H,11-12H2,1H3,(H,24,25)(H,26,27). The van der Waals surface area contributed by atoms with Crippen LogP contribution in [0.5, 0.6) is 0 Å². The highest BCUT2D eigenvalue weighted by Crippen LogP contribution is 2.45. The molecule has 1 aliphatic heterocycles. The number of amides is 1. The van der Waals surface area contributed by atoms with Gasteiger partial charge in [0.2, 0.25) is 5.91 Å². The van der Waals surface area contributed by atoms with Gasteiger partial charge >= 0.3 is 5.97 Å². The first-order chi connectivity index (χ1) is 13.3. The van der Waals surface area contributed by atoms with Gasteiger partial charge in [-0.05, 0) is 36.6 Å². The molecule has 1 amide bonds. The first-order valence-electron chi connectivity index (χ1n) is 8.67. The summed E-state index contributed by atoms with van der Waals surface area (Å²) in [5.74, 6) is -1.04. The Bertz CT molecular complexity index is 915. The zero-order chi connectivity index (χ0) is 20.3. The van der Waals surface area contributed by atoms with Crippen molar-refractivity contribution in [2.45, 2.75) is 24.3 Å². The van der Waals surface area contributed by atoms with Crippen LogP contribution in [0, 0.1) is 0 Å². The fraction of sp³-hybridized carbons (Fsp3) is 0.238. The summed E-state index contributed by atoms with van der Waals surface area (Å²) in [7, 11) is 0. The van der Waals surface area contributed by atoms with E-state index in [0.29, 0.717) is 22.1 Å². The Labute approximate surface area is 177 Å². The monoisotopic (exact) mass is 435 g/mol. The number of alkyl halides is 1. The summed E-state index contributed by atoms with van der Waals surface area (Å²) in [5, 5.41) is 12.5. The zero-order valence-corrected chi connectivity index (χ0v) is 17.4. The molecule has 0 bridgehead atoms. The van der Waals surface area contributed by atoms with E-state index in [1.54, 1.807) is 31.2 Å². The molecule has 2 N–H and O–H groups in total. The van der Waals surface area contributed by atoms with Gasteiger partial charge in [0.05, 0.1) is 11.1 Å². The summed E-state index contributed by atoms with van der Waals surface area (Å²) >= 11 is 13.6. The highest BCUT2D eigenvalue weighted by atomic mass is 35.5. The molecule has 0 radical (unpaired) electrons. The van der Waals surface area contributed by atoms with E-state index in [1.165, 1.54) is 11.8 Å². The van der Waals surface area contributed by atoms with Crippen LogP contribution in [-0.2, 0) is 16.0 Å². The lowest BCUT2D eigenvalue weighted by molar-refractivity contribution is -0.133. The number of nitrogens with one attached hydrogen (secondary N) is 1. The van der Waals surface area contributed by atoms with Crippen molar-refractivity contribution in [3.8, 4) is 0 Å². The Morgan fingerprint density at radius 3 is 2.43 bits per heavy atom. The maximum Gasteiger partial charge on any atom is 0.335 e. The molecule has 28 heavy (non-hydrogen) atoms. The Morgan fingerprint density at radius 2 is 1.82 bits per heavy atom. The summed E-state index contributed by atoms with van der Waals surface area (Å²) in [6.45, 7) is 1.72. The average Bonchev–Trinajstić information content (AvgIpc) is 3.00. The molecule has 0 fully saturated rings. The lowest BCUT2D eigenvalue weighted by atomic mass is 9.91. The minimum Gasteiger partial charge on any atom is -0.478 e. The first-order valence-corrected chi connectivity index (χ1v) is 10.5. The van der Waals surface area contributed by atoms with E-state index in [0.717, 1.165) is 11.1 Å². The third kappa shape index (κ3) is 4.54. The molecule has 0 aliphatic carbocycles. The molecule has 2 aromatic carbocycles. The molecular formula is C21H19Cl2NO3S. The Morgan fingerprint density at radius 1 is 1.18 bits per heavy atom. The van der Waals surface area contributed by atoms with Gasteiger partial charge in [0.25, 0.3) is 0 Å². The molecule has 2 aromatic rings. The van der Waals surface area contributed by atoms with Crippen LogP contribution < -0.4 is 5.32 Å². The van der Waals surface area contributed by atoms with Crippen molar-refractivity contribution in [1.82, 2.24) is 5.32 Å². The van der Waals surface area contributed by atoms with E-state index in [4.69, 9.17) is 23.2 Å². The van der Waals surface area contributed by atoms with Gasteiger partial charge in [0, 0.05) is 15.7 Å². The van der Waals surface area contributed by atoms with Crippen molar-refractivity contribution in [2.24, 2.45) is 0 Å². The van der Waals surface area contributed by atoms with Crippen LogP contribution in [0.4, 0.5) is 0 Å². The van der Waals surface area contributed by atoms with Gasteiger partial charge in [-0.25, -0.2) is 4.79 Å². The molecule has 0 saturated carbocycles. The molecule has 2 atom stereocenters. The van der Waals surface area contributed by atoms with Crippen LogP contribution in [-0.4, -0.2) is 33.7 Å². The number of carbonyl (C=O) groups excluding carboxylic acids is 1. The third-order valence-electron chi connectivity index (χ3n) is 4.55. The molecule has 0 aromatic heterocycles.